The van der Waals surface area contributed by atoms with Crippen LogP contribution in [0.1, 0.15) is 5.69 Å². The van der Waals surface area contributed by atoms with Crippen molar-refractivity contribution in [2.75, 3.05) is 0 Å². The summed E-state index contributed by atoms with van der Waals surface area (Å²) in [6.45, 7) is 1.81. The number of para-hydroxylation sites is 1. The summed E-state index contributed by atoms with van der Waals surface area (Å²) in [6.07, 6.45) is 0. The minimum absolute atomic E-state index is 0.338. The highest BCUT2D eigenvalue weighted by Crippen LogP contribution is 2.21. The SMILES string of the molecule is Cc1nc(-c2cc3ccccc3[nH]2)nnc1Cl. The molecule has 5 heteroatoms. The summed E-state index contributed by atoms with van der Waals surface area (Å²) in [5, 5.41) is 9.30. The molecule has 0 spiro atoms. The molecule has 3 rings (SSSR count). The third-order valence-electron chi connectivity index (χ3n) is 2.58. The van der Waals surface area contributed by atoms with Crippen molar-refractivity contribution < 1.29 is 0 Å². The van der Waals surface area contributed by atoms with Crippen LogP contribution in [0, 0.1) is 6.92 Å². The Morgan fingerprint density at radius 1 is 1.18 bits per heavy atom. The van der Waals surface area contributed by atoms with Gasteiger partial charge in [0.1, 0.15) is 0 Å². The molecule has 1 aromatic carbocycles. The summed E-state index contributed by atoms with van der Waals surface area (Å²) >= 11 is 5.80. The molecule has 0 aliphatic heterocycles. The monoisotopic (exact) mass is 244 g/mol. The quantitative estimate of drug-likeness (QED) is 0.716. The molecule has 0 aliphatic rings. The second-order valence-corrected chi connectivity index (χ2v) is 4.14. The van der Waals surface area contributed by atoms with Crippen molar-refractivity contribution in [3.63, 3.8) is 0 Å². The molecule has 2 aromatic heterocycles. The summed E-state index contributed by atoms with van der Waals surface area (Å²) in [4.78, 5) is 7.55. The number of benzene rings is 1. The van der Waals surface area contributed by atoms with E-state index in [0.717, 1.165) is 16.6 Å². The summed E-state index contributed by atoms with van der Waals surface area (Å²) in [6, 6.07) is 10.0. The van der Waals surface area contributed by atoms with Crippen LogP contribution in [0.15, 0.2) is 30.3 Å². The van der Waals surface area contributed by atoms with Gasteiger partial charge in [-0.2, -0.15) is 0 Å². The third-order valence-corrected chi connectivity index (χ3v) is 2.92. The van der Waals surface area contributed by atoms with Gasteiger partial charge in [-0.05, 0) is 19.1 Å². The molecule has 4 nitrogen and oxygen atoms in total. The molecule has 0 amide bonds. The van der Waals surface area contributed by atoms with E-state index in [1.54, 1.807) is 0 Å². The summed E-state index contributed by atoms with van der Waals surface area (Å²) < 4.78 is 0. The van der Waals surface area contributed by atoms with Crippen molar-refractivity contribution in [1.82, 2.24) is 20.2 Å². The lowest BCUT2D eigenvalue weighted by Gasteiger charge is -1.97. The van der Waals surface area contributed by atoms with E-state index < -0.39 is 0 Å². The van der Waals surface area contributed by atoms with Crippen LogP contribution in [-0.2, 0) is 0 Å². The number of rotatable bonds is 1. The van der Waals surface area contributed by atoms with Gasteiger partial charge in [-0.15, -0.1) is 10.2 Å². The Bertz CT molecular complexity index is 657. The molecule has 0 bridgehead atoms. The van der Waals surface area contributed by atoms with Gasteiger partial charge in [0.2, 0.25) is 0 Å². The van der Waals surface area contributed by atoms with Gasteiger partial charge in [0.15, 0.2) is 11.0 Å². The molecule has 0 aliphatic carbocycles. The fraction of sp³-hybridized carbons (Fsp3) is 0.0833. The highest BCUT2D eigenvalue weighted by molar-refractivity contribution is 6.29. The fourth-order valence-corrected chi connectivity index (χ4v) is 1.78. The standard InChI is InChI=1S/C12H9ClN4/c1-7-11(13)16-17-12(14-7)10-6-8-4-2-3-5-9(8)15-10/h2-6,15H,1H3. The lowest BCUT2D eigenvalue weighted by molar-refractivity contribution is 0.946. The van der Waals surface area contributed by atoms with E-state index in [0.29, 0.717) is 16.7 Å². The van der Waals surface area contributed by atoms with Gasteiger partial charge in [-0.3, -0.25) is 0 Å². The Kier molecular flexibility index (Phi) is 2.30. The maximum absolute atomic E-state index is 5.80. The number of H-pyrrole nitrogens is 1. The summed E-state index contributed by atoms with van der Waals surface area (Å²) in [7, 11) is 0. The van der Waals surface area contributed by atoms with E-state index in [2.05, 4.69) is 20.2 Å². The summed E-state index contributed by atoms with van der Waals surface area (Å²) in [5.41, 5.74) is 2.58. The van der Waals surface area contributed by atoms with Crippen LogP contribution in [0.3, 0.4) is 0 Å². The molecule has 0 fully saturated rings. The van der Waals surface area contributed by atoms with Gasteiger partial charge in [0, 0.05) is 10.9 Å². The van der Waals surface area contributed by atoms with E-state index in [1.807, 2.05) is 37.3 Å². The van der Waals surface area contributed by atoms with Crippen LogP contribution in [-0.4, -0.2) is 20.2 Å². The van der Waals surface area contributed by atoms with E-state index in [9.17, 15) is 0 Å². The van der Waals surface area contributed by atoms with Gasteiger partial charge in [0.05, 0.1) is 11.4 Å². The topological polar surface area (TPSA) is 54.5 Å². The van der Waals surface area contributed by atoms with Crippen LogP contribution in [0.5, 0.6) is 0 Å². The van der Waals surface area contributed by atoms with Crippen molar-refractivity contribution >= 4 is 22.5 Å². The maximum atomic E-state index is 5.80. The van der Waals surface area contributed by atoms with Crippen LogP contribution >= 0.6 is 11.6 Å². The maximum Gasteiger partial charge on any atom is 0.198 e. The minimum Gasteiger partial charge on any atom is -0.352 e. The first kappa shape index (κ1) is 10.2. The largest absolute Gasteiger partial charge is 0.352 e. The zero-order valence-corrected chi connectivity index (χ0v) is 9.86. The lowest BCUT2D eigenvalue weighted by atomic mass is 10.2. The molecule has 2 heterocycles. The van der Waals surface area contributed by atoms with E-state index >= 15 is 0 Å². The molecule has 0 unspecified atom stereocenters. The van der Waals surface area contributed by atoms with Crippen molar-refractivity contribution in [3.05, 3.63) is 41.2 Å². The third kappa shape index (κ3) is 1.76. The van der Waals surface area contributed by atoms with Gasteiger partial charge in [-0.1, -0.05) is 29.8 Å². The smallest absolute Gasteiger partial charge is 0.198 e. The number of aryl methyl sites for hydroxylation is 1. The average molecular weight is 245 g/mol. The van der Waals surface area contributed by atoms with Gasteiger partial charge < -0.3 is 4.98 Å². The Morgan fingerprint density at radius 2 is 2.00 bits per heavy atom. The number of nitrogens with one attached hydrogen (secondary N) is 1. The summed E-state index contributed by atoms with van der Waals surface area (Å²) in [5.74, 6) is 0.558. The normalized spacial score (nSPS) is 10.9. The Labute approximate surface area is 103 Å². The van der Waals surface area contributed by atoms with Crippen molar-refractivity contribution in [2.45, 2.75) is 6.92 Å². The Hall–Kier alpha value is -1.94. The van der Waals surface area contributed by atoms with E-state index in [-0.39, 0.29) is 0 Å². The number of fused-ring (bicyclic) bond motifs is 1. The second-order valence-electron chi connectivity index (χ2n) is 3.78. The fourth-order valence-electron chi connectivity index (χ4n) is 1.70. The zero-order chi connectivity index (χ0) is 11.8. The molecule has 0 saturated carbocycles. The number of nitrogens with zero attached hydrogens (tertiary/aromatic N) is 3. The zero-order valence-electron chi connectivity index (χ0n) is 9.11. The highest BCUT2D eigenvalue weighted by Gasteiger charge is 2.08. The van der Waals surface area contributed by atoms with E-state index in [4.69, 9.17) is 11.6 Å². The number of aromatic amines is 1. The van der Waals surface area contributed by atoms with Gasteiger partial charge in [0.25, 0.3) is 0 Å². The molecule has 17 heavy (non-hydrogen) atoms. The first-order valence-electron chi connectivity index (χ1n) is 5.19. The molecule has 0 saturated heterocycles. The van der Waals surface area contributed by atoms with Crippen LogP contribution in [0.2, 0.25) is 5.15 Å². The number of hydrogen-bond donors (Lipinski definition) is 1. The average Bonchev–Trinajstić information content (AvgIpc) is 2.76. The highest BCUT2D eigenvalue weighted by atomic mass is 35.5. The lowest BCUT2D eigenvalue weighted by Crippen LogP contribution is -1.96. The Morgan fingerprint density at radius 3 is 2.76 bits per heavy atom. The molecule has 0 atom stereocenters. The van der Waals surface area contributed by atoms with Gasteiger partial charge in [-0.25, -0.2) is 4.98 Å². The van der Waals surface area contributed by atoms with Gasteiger partial charge >= 0.3 is 0 Å². The molecule has 0 radical (unpaired) electrons. The molecular formula is C12H9ClN4. The molecule has 3 aromatic rings. The number of hydrogen-bond acceptors (Lipinski definition) is 3. The van der Waals surface area contributed by atoms with Crippen molar-refractivity contribution in [2.24, 2.45) is 0 Å². The molecule has 1 N–H and O–H groups in total. The molecule has 84 valence electrons. The van der Waals surface area contributed by atoms with Crippen molar-refractivity contribution in [3.8, 4) is 11.5 Å². The first-order chi connectivity index (χ1) is 8.24. The van der Waals surface area contributed by atoms with E-state index in [1.165, 1.54) is 0 Å². The Balaban J connectivity index is 2.17. The van der Waals surface area contributed by atoms with Crippen LogP contribution in [0.4, 0.5) is 0 Å². The predicted octanol–water partition coefficient (Wildman–Crippen LogP) is 2.98. The number of aromatic nitrogens is 4. The van der Waals surface area contributed by atoms with Crippen LogP contribution in [0.25, 0.3) is 22.4 Å². The second kappa shape index (κ2) is 3.82. The predicted molar refractivity (Wildman–Crippen MR) is 66.9 cm³/mol. The minimum atomic E-state index is 0.338. The van der Waals surface area contributed by atoms with Crippen molar-refractivity contribution in [1.29, 1.82) is 0 Å². The molecular weight excluding hydrogens is 236 g/mol. The number of halogens is 1. The first-order valence-corrected chi connectivity index (χ1v) is 5.57. The van der Waals surface area contributed by atoms with Crippen LogP contribution < -0.4 is 0 Å².